The van der Waals surface area contributed by atoms with E-state index in [-0.39, 0.29) is 11.7 Å². The van der Waals surface area contributed by atoms with Crippen molar-refractivity contribution in [2.75, 3.05) is 18.5 Å². The summed E-state index contributed by atoms with van der Waals surface area (Å²) in [5.41, 5.74) is 1.03. The molecular weight excluding hydrogens is 257 g/mol. The van der Waals surface area contributed by atoms with Gasteiger partial charge in [0, 0.05) is 5.69 Å². The summed E-state index contributed by atoms with van der Waals surface area (Å²) in [5, 5.41) is 2.85. The van der Waals surface area contributed by atoms with Crippen LogP contribution < -0.4 is 5.32 Å². The number of carbonyl (C=O) groups is 1. The number of hydrogen-bond donors (Lipinski definition) is 1. The van der Waals surface area contributed by atoms with Crippen molar-refractivity contribution < 1.29 is 13.9 Å². The summed E-state index contributed by atoms with van der Waals surface area (Å²) < 4.78 is 18.1. The Kier molecular flexibility index (Phi) is 3.40. The highest BCUT2D eigenvalue weighted by atomic mass is 19.1. The lowest BCUT2D eigenvalue weighted by molar-refractivity contribution is -0.147. The third-order valence-electron chi connectivity index (χ3n) is 3.78. The zero-order chi connectivity index (χ0) is 14.0. The summed E-state index contributed by atoms with van der Waals surface area (Å²) in [6.45, 7) is 0.798. The maximum absolute atomic E-state index is 12.9. The summed E-state index contributed by atoms with van der Waals surface area (Å²) in [6.07, 6.45) is 8.17. The zero-order valence-corrected chi connectivity index (χ0v) is 11.1. The van der Waals surface area contributed by atoms with E-state index in [1.807, 2.05) is 6.08 Å². The van der Waals surface area contributed by atoms with Crippen molar-refractivity contribution in [2.24, 2.45) is 5.41 Å². The Morgan fingerprint density at radius 3 is 2.50 bits per heavy atom. The van der Waals surface area contributed by atoms with Gasteiger partial charge < -0.3 is 10.1 Å². The molecule has 0 radical (unpaired) electrons. The minimum Gasteiger partial charge on any atom is -0.378 e. The van der Waals surface area contributed by atoms with Crippen molar-refractivity contribution >= 4 is 11.6 Å². The van der Waals surface area contributed by atoms with E-state index in [0.717, 1.165) is 18.4 Å². The Morgan fingerprint density at radius 1 is 1.20 bits per heavy atom. The predicted octanol–water partition coefficient (Wildman–Crippen LogP) is 3.06. The molecular formula is C16H16FNO2. The van der Waals surface area contributed by atoms with E-state index < -0.39 is 5.41 Å². The fourth-order valence-electron chi connectivity index (χ4n) is 2.49. The molecule has 0 atom stereocenters. The average Bonchev–Trinajstić information content (AvgIpc) is 2.41. The second-order valence-electron chi connectivity index (χ2n) is 5.18. The maximum Gasteiger partial charge on any atom is 0.239 e. The Morgan fingerprint density at radius 2 is 1.95 bits per heavy atom. The third kappa shape index (κ3) is 2.27. The minimum atomic E-state index is -0.592. The van der Waals surface area contributed by atoms with Gasteiger partial charge in [-0.05, 0) is 42.7 Å². The fourth-order valence-corrected chi connectivity index (χ4v) is 2.49. The summed E-state index contributed by atoms with van der Waals surface area (Å²) in [5.74, 6) is -0.407. The second kappa shape index (κ2) is 5.21. The number of carbonyl (C=O) groups excluding carboxylic acids is 1. The van der Waals surface area contributed by atoms with Crippen LogP contribution in [0.5, 0.6) is 0 Å². The number of benzene rings is 1. The van der Waals surface area contributed by atoms with Crippen LogP contribution in [0.4, 0.5) is 10.1 Å². The first kappa shape index (κ1) is 13.1. The summed E-state index contributed by atoms with van der Waals surface area (Å²) in [4.78, 5) is 12.5. The van der Waals surface area contributed by atoms with Crippen LogP contribution in [0, 0.1) is 11.2 Å². The largest absolute Gasteiger partial charge is 0.378 e. The molecule has 1 amide bonds. The van der Waals surface area contributed by atoms with Crippen molar-refractivity contribution in [2.45, 2.75) is 12.8 Å². The molecule has 1 aliphatic carbocycles. The molecule has 1 aliphatic heterocycles. The molecule has 3 rings (SSSR count). The summed E-state index contributed by atoms with van der Waals surface area (Å²) in [7, 11) is 0. The molecule has 1 aromatic rings. The van der Waals surface area contributed by atoms with Crippen LogP contribution in [-0.2, 0) is 9.53 Å². The van der Waals surface area contributed by atoms with Crippen LogP contribution in [-0.4, -0.2) is 19.1 Å². The van der Waals surface area contributed by atoms with Crippen LogP contribution in [0.15, 0.2) is 48.1 Å². The van der Waals surface area contributed by atoms with Gasteiger partial charge in [-0.2, -0.15) is 0 Å². The Bertz CT molecular complexity index is 571. The molecule has 1 aromatic carbocycles. The standard InChI is InChI=1S/C16H16FNO2/c17-13-6-8-14(9-7-13)18-15(19)16(10-20-11-16)12-4-2-1-3-5-12/h2,4-9H,1,3,10-11H2,(H,18,19). The molecule has 1 heterocycles. The van der Waals surface area contributed by atoms with Gasteiger partial charge in [-0.15, -0.1) is 0 Å². The van der Waals surface area contributed by atoms with E-state index in [9.17, 15) is 9.18 Å². The lowest BCUT2D eigenvalue weighted by Crippen LogP contribution is -2.52. The van der Waals surface area contributed by atoms with E-state index in [4.69, 9.17) is 4.74 Å². The number of allylic oxidation sites excluding steroid dienone is 3. The molecule has 0 bridgehead atoms. The molecule has 0 spiro atoms. The first-order chi connectivity index (χ1) is 9.71. The number of rotatable bonds is 3. The van der Waals surface area contributed by atoms with E-state index in [0.29, 0.717) is 18.9 Å². The maximum atomic E-state index is 12.9. The van der Waals surface area contributed by atoms with Crippen LogP contribution in [0.25, 0.3) is 0 Å². The van der Waals surface area contributed by atoms with Crippen molar-refractivity contribution in [3.63, 3.8) is 0 Å². The molecule has 1 saturated heterocycles. The van der Waals surface area contributed by atoms with Crippen LogP contribution in [0.3, 0.4) is 0 Å². The Hall–Kier alpha value is -1.94. The van der Waals surface area contributed by atoms with E-state index in [1.165, 1.54) is 12.1 Å². The van der Waals surface area contributed by atoms with Gasteiger partial charge >= 0.3 is 0 Å². The van der Waals surface area contributed by atoms with Gasteiger partial charge in [-0.25, -0.2) is 4.39 Å². The molecule has 20 heavy (non-hydrogen) atoms. The number of halogens is 1. The third-order valence-corrected chi connectivity index (χ3v) is 3.78. The summed E-state index contributed by atoms with van der Waals surface area (Å²) >= 11 is 0. The quantitative estimate of drug-likeness (QED) is 0.919. The van der Waals surface area contributed by atoms with Gasteiger partial charge in [0.15, 0.2) is 0 Å². The second-order valence-corrected chi connectivity index (χ2v) is 5.18. The molecule has 2 aliphatic rings. The van der Waals surface area contributed by atoms with E-state index in [2.05, 4.69) is 17.5 Å². The predicted molar refractivity (Wildman–Crippen MR) is 74.7 cm³/mol. The molecule has 104 valence electrons. The number of anilines is 1. The van der Waals surface area contributed by atoms with Crippen molar-refractivity contribution in [1.82, 2.24) is 0 Å². The van der Waals surface area contributed by atoms with Gasteiger partial charge in [0.1, 0.15) is 11.2 Å². The van der Waals surface area contributed by atoms with Gasteiger partial charge in [0.05, 0.1) is 13.2 Å². The highest BCUT2D eigenvalue weighted by Crippen LogP contribution is 2.39. The Labute approximate surface area is 117 Å². The molecule has 1 fully saturated rings. The Balaban J connectivity index is 1.79. The molecule has 3 nitrogen and oxygen atoms in total. The fraction of sp³-hybridized carbons (Fsp3) is 0.312. The van der Waals surface area contributed by atoms with Gasteiger partial charge in [0.25, 0.3) is 0 Å². The zero-order valence-electron chi connectivity index (χ0n) is 11.1. The number of ether oxygens (including phenoxy) is 1. The smallest absolute Gasteiger partial charge is 0.239 e. The normalized spacial score (nSPS) is 19.9. The highest BCUT2D eigenvalue weighted by Gasteiger charge is 2.48. The molecule has 1 N–H and O–H groups in total. The van der Waals surface area contributed by atoms with Gasteiger partial charge in [-0.3, -0.25) is 4.79 Å². The molecule has 0 saturated carbocycles. The first-order valence-corrected chi connectivity index (χ1v) is 6.73. The number of nitrogens with one attached hydrogen (secondary N) is 1. The lowest BCUT2D eigenvalue weighted by Gasteiger charge is -2.41. The average molecular weight is 273 g/mol. The number of hydrogen-bond acceptors (Lipinski definition) is 2. The molecule has 0 unspecified atom stereocenters. The van der Waals surface area contributed by atoms with Crippen LogP contribution >= 0.6 is 0 Å². The minimum absolute atomic E-state index is 0.0897. The molecule has 0 aromatic heterocycles. The van der Waals surface area contributed by atoms with E-state index >= 15 is 0 Å². The van der Waals surface area contributed by atoms with Crippen molar-refractivity contribution in [3.05, 3.63) is 53.9 Å². The highest BCUT2D eigenvalue weighted by molar-refractivity contribution is 5.98. The monoisotopic (exact) mass is 273 g/mol. The lowest BCUT2D eigenvalue weighted by atomic mass is 9.75. The van der Waals surface area contributed by atoms with Crippen molar-refractivity contribution in [3.8, 4) is 0 Å². The van der Waals surface area contributed by atoms with Crippen LogP contribution in [0.2, 0.25) is 0 Å². The summed E-state index contributed by atoms with van der Waals surface area (Å²) in [6, 6.07) is 5.79. The first-order valence-electron chi connectivity index (χ1n) is 6.73. The SMILES string of the molecule is O=C(Nc1ccc(F)cc1)C1(C2=CCCC=C2)COC1. The van der Waals surface area contributed by atoms with Crippen molar-refractivity contribution in [1.29, 1.82) is 0 Å². The van der Waals surface area contributed by atoms with Gasteiger partial charge in [-0.1, -0.05) is 18.2 Å². The number of amides is 1. The topological polar surface area (TPSA) is 38.3 Å². The van der Waals surface area contributed by atoms with Crippen LogP contribution in [0.1, 0.15) is 12.8 Å². The van der Waals surface area contributed by atoms with E-state index in [1.54, 1.807) is 12.1 Å². The van der Waals surface area contributed by atoms with Gasteiger partial charge in [0.2, 0.25) is 5.91 Å². The molecule has 4 heteroatoms.